The molecule has 0 unspecified atom stereocenters. The molecule has 1 amide bonds. The van der Waals surface area contributed by atoms with Crippen LogP contribution in [-0.2, 0) is 4.79 Å². The van der Waals surface area contributed by atoms with Crippen molar-refractivity contribution in [2.24, 2.45) is 4.99 Å². The SMILES string of the molecule is COc1ccccc1N=C(c1ccccc1)N(C(C)=O)c1ccccc1OC. The summed E-state index contributed by atoms with van der Waals surface area (Å²) in [6.07, 6.45) is 0. The van der Waals surface area contributed by atoms with E-state index in [9.17, 15) is 4.79 Å². The molecule has 0 aliphatic rings. The van der Waals surface area contributed by atoms with E-state index in [1.54, 1.807) is 19.1 Å². The van der Waals surface area contributed by atoms with E-state index < -0.39 is 0 Å². The predicted molar refractivity (Wildman–Crippen MR) is 112 cm³/mol. The van der Waals surface area contributed by atoms with Gasteiger partial charge in [-0.05, 0) is 24.3 Å². The first-order valence-electron chi connectivity index (χ1n) is 8.86. The maximum absolute atomic E-state index is 12.7. The van der Waals surface area contributed by atoms with Crippen LogP contribution in [0.15, 0.2) is 83.9 Å². The number of ether oxygens (including phenoxy) is 2. The van der Waals surface area contributed by atoms with Crippen LogP contribution >= 0.6 is 0 Å². The molecule has 142 valence electrons. The Morgan fingerprint density at radius 2 is 1.36 bits per heavy atom. The number of anilines is 1. The number of hydrogen-bond acceptors (Lipinski definition) is 4. The number of carbonyl (C=O) groups excluding carboxylic acids is 1. The van der Waals surface area contributed by atoms with Crippen molar-refractivity contribution < 1.29 is 14.3 Å². The lowest BCUT2D eigenvalue weighted by Crippen LogP contribution is -2.36. The first kappa shape index (κ1) is 19.2. The number of nitrogens with zero attached hydrogens (tertiary/aromatic N) is 2. The number of benzene rings is 3. The molecular weight excluding hydrogens is 352 g/mol. The van der Waals surface area contributed by atoms with Crippen LogP contribution in [0.4, 0.5) is 11.4 Å². The Labute approximate surface area is 164 Å². The highest BCUT2D eigenvalue weighted by Gasteiger charge is 2.23. The summed E-state index contributed by atoms with van der Waals surface area (Å²) in [6, 6.07) is 24.4. The molecule has 0 aliphatic heterocycles. The van der Waals surface area contributed by atoms with Crippen molar-refractivity contribution in [1.29, 1.82) is 0 Å². The van der Waals surface area contributed by atoms with Gasteiger partial charge in [0.15, 0.2) is 0 Å². The largest absolute Gasteiger partial charge is 0.495 e. The second-order valence-electron chi connectivity index (χ2n) is 6.00. The van der Waals surface area contributed by atoms with Gasteiger partial charge in [-0.3, -0.25) is 9.69 Å². The number of para-hydroxylation sites is 4. The molecule has 0 saturated heterocycles. The zero-order chi connectivity index (χ0) is 19.9. The number of aliphatic imine (C=N–C) groups is 1. The summed E-state index contributed by atoms with van der Waals surface area (Å²) in [6.45, 7) is 1.51. The van der Waals surface area contributed by atoms with E-state index in [2.05, 4.69) is 0 Å². The molecule has 0 fully saturated rings. The van der Waals surface area contributed by atoms with Gasteiger partial charge in [-0.2, -0.15) is 0 Å². The summed E-state index contributed by atoms with van der Waals surface area (Å²) in [4.78, 5) is 19.1. The fraction of sp³-hybridized carbons (Fsp3) is 0.130. The first-order chi connectivity index (χ1) is 13.7. The third-order valence-corrected chi connectivity index (χ3v) is 4.20. The van der Waals surface area contributed by atoms with Gasteiger partial charge < -0.3 is 9.47 Å². The van der Waals surface area contributed by atoms with E-state index in [0.29, 0.717) is 28.7 Å². The molecule has 0 saturated carbocycles. The highest BCUT2D eigenvalue weighted by atomic mass is 16.5. The van der Waals surface area contributed by atoms with Crippen LogP contribution in [0.5, 0.6) is 11.5 Å². The molecule has 0 heterocycles. The van der Waals surface area contributed by atoms with E-state index in [-0.39, 0.29) is 5.91 Å². The van der Waals surface area contributed by atoms with Gasteiger partial charge >= 0.3 is 0 Å². The number of hydrogen-bond donors (Lipinski definition) is 0. The Kier molecular flexibility index (Phi) is 6.07. The molecule has 0 N–H and O–H groups in total. The van der Waals surface area contributed by atoms with Crippen LogP contribution in [0.1, 0.15) is 12.5 Å². The van der Waals surface area contributed by atoms with Gasteiger partial charge in [-0.15, -0.1) is 0 Å². The second kappa shape index (κ2) is 8.86. The van der Waals surface area contributed by atoms with Crippen LogP contribution < -0.4 is 14.4 Å². The lowest BCUT2D eigenvalue weighted by Gasteiger charge is -2.25. The minimum absolute atomic E-state index is 0.179. The quantitative estimate of drug-likeness (QED) is 0.474. The molecule has 3 aromatic carbocycles. The minimum atomic E-state index is -0.179. The number of amides is 1. The van der Waals surface area contributed by atoms with Crippen LogP contribution in [0.3, 0.4) is 0 Å². The average Bonchev–Trinajstić information content (AvgIpc) is 2.74. The lowest BCUT2D eigenvalue weighted by molar-refractivity contribution is -0.115. The van der Waals surface area contributed by atoms with Gasteiger partial charge in [-0.1, -0.05) is 54.6 Å². The van der Waals surface area contributed by atoms with Crippen LogP contribution in [0.2, 0.25) is 0 Å². The number of carbonyl (C=O) groups is 1. The Hall–Kier alpha value is -3.60. The van der Waals surface area contributed by atoms with Crippen molar-refractivity contribution in [3.05, 3.63) is 84.4 Å². The lowest BCUT2D eigenvalue weighted by atomic mass is 10.1. The monoisotopic (exact) mass is 374 g/mol. The highest BCUT2D eigenvalue weighted by Crippen LogP contribution is 2.32. The second-order valence-corrected chi connectivity index (χ2v) is 6.00. The number of amidine groups is 1. The van der Waals surface area contributed by atoms with Crippen molar-refractivity contribution in [1.82, 2.24) is 0 Å². The van der Waals surface area contributed by atoms with E-state index in [0.717, 1.165) is 5.56 Å². The van der Waals surface area contributed by atoms with Gasteiger partial charge in [0.1, 0.15) is 23.0 Å². The molecule has 3 rings (SSSR count). The van der Waals surface area contributed by atoms with Crippen LogP contribution in [0.25, 0.3) is 0 Å². The van der Waals surface area contributed by atoms with Gasteiger partial charge in [0.25, 0.3) is 0 Å². The Morgan fingerprint density at radius 3 is 2.00 bits per heavy atom. The highest BCUT2D eigenvalue weighted by molar-refractivity contribution is 6.24. The standard InChI is InChI=1S/C23H22N2O3/c1-17(26)25(20-14-8-10-16-22(20)28-3)23(18-11-5-4-6-12-18)24-19-13-7-9-15-21(19)27-2/h4-16H,1-3H3. The summed E-state index contributed by atoms with van der Waals surface area (Å²) in [5.41, 5.74) is 2.05. The Bertz CT molecular complexity index is 984. The van der Waals surface area contributed by atoms with Crippen LogP contribution in [-0.4, -0.2) is 26.0 Å². The molecule has 5 nitrogen and oxygen atoms in total. The zero-order valence-electron chi connectivity index (χ0n) is 16.1. The summed E-state index contributed by atoms with van der Waals surface area (Å²) < 4.78 is 10.9. The Balaban J connectivity index is 2.25. The van der Waals surface area contributed by atoms with E-state index >= 15 is 0 Å². The van der Waals surface area contributed by atoms with Crippen LogP contribution in [0, 0.1) is 0 Å². The summed E-state index contributed by atoms with van der Waals surface area (Å²) in [5.74, 6) is 1.52. The minimum Gasteiger partial charge on any atom is -0.495 e. The molecule has 28 heavy (non-hydrogen) atoms. The number of rotatable bonds is 5. The Morgan fingerprint density at radius 1 is 0.786 bits per heavy atom. The normalized spacial score (nSPS) is 11.0. The van der Waals surface area contributed by atoms with Crippen molar-refractivity contribution >= 4 is 23.1 Å². The van der Waals surface area contributed by atoms with Gasteiger partial charge in [0.05, 0.1) is 19.9 Å². The smallest absolute Gasteiger partial charge is 0.229 e. The van der Waals surface area contributed by atoms with Gasteiger partial charge in [0.2, 0.25) is 5.91 Å². The molecule has 0 atom stereocenters. The molecule has 3 aromatic rings. The summed E-state index contributed by atoms with van der Waals surface area (Å²) in [5, 5.41) is 0. The first-order valence-corrected chi connectivity index (χ1v) is 8.86. The molecule has 0 aliphatic carbocycles. The van der Waals surface area contributed by atoms with E-state index in [1.165, 1.54) is 6.92 Å². The molecule has 0 aromatic heterocycles. The maximum atomic E-state index is 12.7. The fourth-order valence-corrected chi connectivity index (χ4v) is 2.91. The fourth-order valence-electron chi connectivity index (χ4n) is 2.91. The van der Waals surface area contributed by atoms with Crippen molar-refractivity contribution in [2.75, 3.05) is 19.1 Å². The van der Waals surface area contributed by atoms with Gasteiger partial charge in [0, 0.05) is 12.5 Å². The third kappa shape index (κ3) is 4.04. The van der Waals surface area contributed by atoms with Crippen molar-refractivity contribution in [3.63, 3.8) is 0 Å². The maximum Gasteiger partial charge on any atom is 0.229 e. The topological polar surface area (TPSA) is 51.1 Å². The molecule has 0 spiro atoms. The molecule has 0 radical (unpaired) electrons. The summed E-state index contributed by atoms with van der Waals surface area (Å²) in [7, 11) is 3.18. The average molecular weight is 374 g/mol. The predicted octanol–water partition coefficient (Wildman–Crippen LogP) is 4.84. The molecule has 0 bridgehead atoms. The molecular formula is C23H22N2O3. The van der Waals surface area contributed by atoms with Gasteiger partial charge in [-0.25, -0.2) is 4.99 Å². The number of methoxy groups -OCH3 is 2. The molecule has 5 heteroatoms. The third-order valence-electron chi connectivity index (χ3n) is 4.20. The summed E-state index contributed by atoms with van der Waals surface area (Å²) >= 11 is 0. The van der Waals surface area contributed by atoms with Crippen molar-refractivity contribution in [3.8, 4) is 11.5 Å². The van der Waals surface area contributed by atoms with Crippen molar-refractivity contribution in [2.45, 2.75) is 6.92 Å². The van der Waals surface area contributed by atoms with E-state index in [4.69, 9.17) is 14.5 Å². The van der Waals surface area contributed by atoms with E-state index in [1.807, 2.05) is 78.9 Å². The zero-order valence-corrected chi connectivity index (χ0v) is 16.1.